The van der Waals surface area contributed by atoms with E-state index in [1.54, 1.807) is 11.8 Å². The van der Waals surface area contributed by atoms with Crippen LogP contribution < -0.4 is 14.8 Å². The summed E-state index contributed by atoms with van der Waals surface area (Å²) in [5.74, 6) is 1.48. The number of rotatable bonds is 9. The number of hydrogen-bond acceptors (Lipinski definition) is 4. The first kappa shape index (κ1) is 19.2. The van der Waals surface area contributed by atoms with E-state index >= 15 is 0 Å². The van der Waals surface area contributed by atoms with Crippen molar-refractivity contribution in [3.63, 3.8) is 0 Å². The molecule has 0 saturated heterocycles. The van der Waals surface area contributed by atoms with E-state index in [0.29, 0.717) is 26.1 Å². The maximum atomic E-state index is 12.2. The molecule has 0 bridgehead atoms. The highest BCUT2D eigenvalue weighted by Gasteiger charge is 2.08. The number of hydrogen-bond donors (Lipinski definition) is 1. The van der Waals surface area contributed by atoms with Crippen molar-refractivity contribution in [2.75, 3.05) is 24.8 Å². The zero-order chi connectivity index (χ0) is 18.1. The van der Waals surface area contributed by atoms with Crippen LogP contribution in [0.4, 0.5) is 5.69 Å². The Labute approximate surface area is 153 Å². The van der Waals surface area contributed by atoms with Crippen LogP contribution in [0, 0.1) is 0 Å². The molecule has 134 valence electrons. The van der Waals surface area contributed by atoms with Crippen molar-refractivity contribution in [2.24, 2.45) is 0 Å². The van der Waals surface area contributed by atoms with Gasteiger partial charge in [0.25, 0.3) is 0 Å². The Hall–Kier alpha value is -2.14. The molecule has 0 fully saturated rings. The fraction of sp³-hybridized carbons (Fsp3) is 0.350. The molecular formula is C20H25NO3S. The first-order valence-corrected chi connectivity index (χ1v) is 9.71. The van der Waals surface area contributed by atoms with Crippen LogP contribution in [0.25, 0.3) is 0 Å². The Morgan fingerprint density at radius 2 is 1.80 bits per heavy atom. The quantitative estimate of drug-likeness (QED) is 0.655. The minimum atomic E-state index is 0.00472. The van der Waals surface area contributed by atoms with E-state index in [1.807, 2.05) is 62.6 Å². The highest BCUT2D eigenvalue weighted by atomic mass is 32.2. The summed E-state index contributed by atoms with van der Waals surface area (Å²) >= 11 is 1.65. The Morgan fingerprint density at radius 3 is 2.52 bits per heavy atom. The van der Waals surface area contributed by atoms with Crippen molar-refractivity contribution in [3.8, 4) is 11.5 Å². The molecule has 0 aliphatic heterocycles. The van der Waals surface area contributed by atoms with Crippen LogP contribution in [0.5, 0.6) is 11.5 Å². The number of anilines is 1. The van der Waals surface area contributed by atoms with Crippen molar-refractivity contribution < 1.29 is 14.3 Å². The first-order chi connectivity index (χ1) is 12.2. The van der Waals surface area contributed by atoms with E-state index in [-0.39, 0.29) is 5.91 Å². The molecule has 1 amide bonds. The molecule has 4 nitrogen and oxygen atoms in total. The summed E-state index contributed by atoms with van der Waals surface area (Å²) in [4.78, 5) is 13.3. The molecule has 2 aromatic carbocycles. The largest absolute Gasteiger partial charge is 0.490 e. The normalized spacial score (nSPS) is 10.4. The number of thioether (sulfide) groups is 1. The maximum Gasteiger partial charge on any atom is 0.224 e. The molecule has 2 rings (SSSR count). The Bertz CT molecular complexity index is 703. The highest BCUT2D eigenvalue weighted by molar-refractivity contribution is 7.98. The Morgan fingerprint density at radius 1 is 1.04 bits per heavy atom. The number of aryl methyl sites for hydroxylation is 1. The number of amides is 1. The minimum Gasteiger partial charge on any atom is -0.490 e. The van der Waals surface area contributed by atoms with Gasteiger partial charge in [-0.05, 0) is 62.4 Å². The Kier molecular flexibility index (Phi) is 7.67. The van der Waals surface area contributed by atoms with Crippen LogP contribution in [0.1, 0.15) is 25.8 Å². The van der Waals surface area contributed by atoms with Crippen molar-refractivity contribution in [3.05, 3.63) is 48.0 Å². The van der Waals surface area contributed by atoms with Gasteiger partial charge in [0.1, 0.15) is 0 Å². The van der Waals surface area contributed by atoms with Gasteiger partial charge in [-0.2, -0.15) is 0 Å². The number of nitrogens with one attached hydrogen (secondary N) is 1. The van der Waals surface area contributed by atoms with Gasteiger partial charge in [0.2, 0.25) is 5.91 Å². The summed E-state index contributed by atoms with van der Waals surface area (Å²) in [6, 6.07) is 13.7. The summed E-state index contributed by atoms with van der Waals surface area (Å²) in [5.41, 5.74) is 1.89. The second-order valence-corrected chi connectivity index (χ2v) is 6.31. The van der Waals surface area contributed by atoms with Gasteiger partial charge in [-0.25, -0.2) is 0 Å². The van der Waals surface area contributed by atoms with E-state index in [2.05, 4.69) is 5.32 Å². The van der Waals surface area contributed by atoms with E-state index in [4.69, 9.17) is 9.47 Å². The van der Waals surface area contributed by atoms with Crippen molar-refractivity contribution in [2.45, 2.75) is 31.6 Å². The van der Waals surface area contributed by atoms with Crippen LogP contribution in [-0.4, -0.2) is 25.4 Å². The molecule has 0 heterocycles. The van der Waals surface area contributed by atoms with Crippen LogP contribution in [0.15, 0.2) is 47.4 Å². The van der Waals surface area contributed by atoms with Crippen LogP contribution in [0.3, 0.4) is 0 Å². The van der Waals surface area contributed by atoms with E-state index in [0.717, 1.165) is 27.6 Å². The van der Waals surface area contributed by atoms with E-state index in [1.165, 1.54) is 0 Å². The molecule has 0 aromatic heterocycles. The van der Waals surface area contributed by atoms with Gasteiger partial charge >= 0.3 is 0 Å². The molecule has 2 aromatic rings. The summed E-state index contributed by atoms with van der Waals surface area (Å²) < 4.78 is 11.2. The fourth-order valence-corrected chi connectivity index (χ4v) is 2.89. The molecule has 1 N–H and O–H groups in total. The maximum absolute atomic E-state index is 12.2. The smallest absolute Gasteiger partial charge is 0.224 e. The highest BCUT2D eigenvalue weighted by Crippen LogP contribution is 2.29. The second kappa shape index (κ2) is 9.99. The van der Waals surface area contributed by atoms with Crippen molar-refractivity contribution in [1.82, 2.24) is 0 Å². The zero-order valence-corrected chi connectivity index (χ0v) is 15.8. The second-order valence-electron chi connectivity index (χ2n) is 5.43. The average molecular weight is 359 g/mol. The third-order valence-corrected chi connectivity index (χ3v) is 4.33. The lowest BCUT2D eigenvalue weighted by molar-refractivity contribution is -0.116. The number of ether oxygens (including phenoxy) is 2. The van der Waals surface area contributed by atoms with Gasteiger partial charge in [-0.3, -0.25) is 4.79 Å². The number of carbonyl (C=O) groups is 1. The van der Waals surface area contributed by atoms with Crippen LogP contribution in [-0.2, 0) is 11.2 Å². The summed E-state index contributed by atoms with van der Waals surface area (Å²) in [6.07, 6.45) is 3.09. The molecule has 0 unspecified atom stereocenters. The monoisotopic (exact) mass is 359 g/mol. The van der Waals surface area contributed by atoms with Gasteiger partial charge in [0, 0.05) is 17.0 Å². The van der Waals surface area contributed by atoms with Crippen molar-refractivity contribution >= 4 is 23.4 Å². The molecule has 0 spiro atoms. The topological polar surface area (TPSA) is 47.6 Å². The molecule has 0 atom stereocenters. The third-order valence-electron chi connectivity index (χ3n) is 3.60. The predicted octanol–water partition coefficient (Wildman–Crippen LogP) is 4.78. The van der Waals surface area contributed by atoms with E-state index < -0.39 is 0 Å². The molecule has 25 heavy (non-hydrogen) atoms. The fourth-order valence-electron chi connectivity index (χ4n) is 2.43. The molecular weight excluding hydrogens is 334 g/mol. The van der Waals surface area contributed by atoms with E-state index in [9.17, 15) is 4.79 Å². The Balaban J connectivity index is 1.95. The van der Waals surface area contributed by atoms with Crippen LogP contribution >= 0.6 is 11.8 Å². The molecule has 0 aliphatic carbocycles. The lowest BCUT2D eigenvalue weighted by Crippen LogP contribution is -2.12. The van der Waals surface area contributed by atoms with Crippen LogP contribution in [0.2, 0.25) is 0 Å². The SMILES string of the molecule is CCOc1ccc(CCC(=O)Nc2cccc(SC)c2)cc1OCC. The summed E-state index contributed by atoms with van der Waals surface area (Å²) in [6.45, 7) is 5.06. The van der Waals surface area contributed by atoms with Gasteiger partial charge in [-0.15, -0.1) is 11.8 Å². The predicted molar refractivity (Wildman–Crippen MR) is 104 cm³/mol. The van der Waals surface area contributed by atoms with Gasteiger partial charge in [0.15, 0.2) is 11.5 Å². The zero-order valence-electron chi connectivity index (χ0n) is 15.0. The van der Waals surface area contributed by atoms with Gasteiger partial charge in [0.05, 0.1) is 13.2 Å². The lowest BCUT2D eigenvalue weighted by Gasteiger charge is -2.12. The van der Waals surface area contributed by atoms with Gasteiger partial charge < -0.3 is 14.8 Å². The molecule has 0 aliphatic rings. The first-order valence-electron chi connectivity index (χ1n) is 8.48. The summed E-state index contributed by atoms with van der Waals surface area (Å²) in [5, 5.41) is 2.95. The molecule has 0 saturated carbocycles. The molecule has 0 radical (unpaired) electrons. The lowest BCUT2D eigenvalue weighted by atomic mass is 10.1. The third kappa shape index (κ3) is 6.02. The number of benzene rings is 2. The van der Waals surface area contributed by atoms with Crippen molar-refractivity contribution in [1.29, 1.82) is 0 Å². The number of carbonyl (C=O) groups excluding carboxylic acids is 1. The summed E-state index contributed by atoms with van der Waals surface area (Å²) in [7, 11) is 0. The van der Waals surface area contributed by atoms with Gasteiger partial charge in [-0.1, -0.05) is 12.1 Å². The average Bonchev–Trinajstić information content (AvgIpc) is 2.62. The standard InChI is InChI=1S/C20H25NO3S/c1-4-23-18-11-9-15(13-19(18)24-5-2)10-12-20(22)21-16-7-6-8-17(14-16)25-3/h6-9,11,13-14H,4-5,10,12H2,1-3H3,(H,21,22). The molecule has 5 heteroatoms. The minimum absolute atomic E-state index is 0.00472.